The van der Waals surface area contributed by atoms with Crippen molar-refractivity contribution in [1.29, 1.82) is 5.26 Å². The summed E-state index contributed by atoms with van der Waals surface area (Å²) in [6.45, 7) is 3.61. The van der Waals surface area contributed by atoms with Crippen molar-refractivity contribution < 1.29 is 0 Å². The summed E-state index contributed by atoms with van der Waals surface area (Å²) in [5.41, 5.74) is 1.42. The molecule has 1 aromatic rings. The van der Waals surface area contributed by atoms with Crippen LogP contribution in [-0.4, -0.2) is 7.05 Å². The lowest BCUT2D eigenvalue weighted by atomic mass is 10.3. The van der Waals surface area contributed by atoms with E-state index in [-0.39, 0.29) is 0 Å². The molecule has 1 aromatic carbocycles. The molecule has 0 spiro atoms. The number of hydrogen-bond donors (Lipinski definition) is 0. The van der Waals surface area contributed by atoms with Crippen molar-refractivity contribution in [1.82, 2.24) is 0 Å². The van der Waals surface area contributed by atoms with Gasteiger partial charge in [0.25, 0.3) is 0 Å². The number of allylic oxidation sites excluding steroid dienone is 1. The lowest BCUT2D eigenvalue weighted by molar-refractivity contribution is 1.15. The van der Waals surface area contributed by atoms with E-state index in [2.05, 4.69) is 6.58 Å². The fourth-order valence-electron chi connectivity index (χ4n) is 0.882. The second-order valence-corrected chi connectivity index (χ2v) is 2.45. The summed E-state index contributed by atoms with van der Waals surface area (Å²) in [5.74, 6) is 0. The third kappa shape index (κ3) is 1.64. The smallest absolute Gasteiger partial charge is 0.117 e. The van der Waals surface area contributed by atoms with E-state index in [1.807, 2.05) is 43.4 Å². The van der Waals surface area contributed by atoms with Gasteiger partial charge in [0.05, 0.1) is 0 Å². The van der Waals surface area contributed by atoms with Gasteiger partial charge in [-0.25, -0.2) is 0 Å². The molecule has 60 valence electrons. The van der Waals surface area contributed by atoms with Gasteiger partial charge in [0.15, 0.2) is 0 Å². The highest BCUT2D eigenvalue weighted by atomic mass is 15.1. The van der Waals surface area contributed by atoms with E-state index in [1.54, 1.807) is 4.90 Å². The standard InChI is InChI=1S/C10H10N2/c1-9(8-11)12(2)10-6-4-3-5-7-10/h3-7H,1H2,2H3. The Morgan fingerprint density at radius 3 is 2.50 bits per heavy atom. The lowest BCUT2D eigenvalue weighted by Crippen LogP contribution is -2.13. The molecule has 0 aromatic heterocycles. The average Bonchev–Trinajstić information content (AvgIpc) is 2.17. The minimum absolute atomic E-state index is 0.446. The molecule has 12 heavy (non-hydrogen) atoms. The van der Waals surface area contributed by atoms with Crippen molar-refractivity contribution in [3.8, 4) is 6.07 Å². The Morgan fingerprint density at radius 2 is 2.00 bits per heavy atom. The first-order valence-electron chi connectivity index (χ1n) is 3.63. The van der Waals surface area contributed by atoms with Crippen LogP contribution < -0.4 is 4.90 Å². The quantitative estimate of drug-likeness (QED) is 0.617. The summed E-state index contributed by atoms with van der Waals surface area (Å²) in [4.78, 5) is 1.75. The molecule has 2 heteroatoms. The Kier molecular flexibility index (Phi) is 2.49. The predicted octanol–water partition coefficient (Wildman–Crippen LogP) is 2.16. The summed E-state index contributed by atoms with van der Waals surface area (Å²) in [6, 6.07) is 11.7. The summed E-state index contributed by atoms with van der Waals surface area (Å²) < 4.78 is 0. The van der Waals surface area contributed by atoms with Gasteiger partial charge in [-0.15, -0.1) is 0 Å². The molecule has 0 aliphatic carbocycles. The van der Waals surface area contributed by atoms with Crippen LogP contribution in [-0.2, 0) is 0 Å². The van der Waals surface area contributed by atoms with Gasteiger partial charge in [0.1, 0.15) is 11.8 Å². The van der Waals surface area contributed by atoms with E-state index in [9.17, 15) is 0 Å². The second kappa shape index (κ2) is 3.59. The second-order valence-electron chi connectivity index (χ2n) is 2.45. The molecule has 0 saturated heterocycles. The van der Waals surface area contributed by atoms with Gasteiger partial charge in [0, 0.05) is 12.7 Å². The van der Waals surface area contributed by atoms with Gasteiger partial charge in [-0.3, -0.25) is 0 Å². The minimum atomic E-state index is 0.446. The third-order valence-corrected chi connectivity index (χ3v) is 1.68. The van der Waals surface area contributed by atoms with Gasteiger partial charge in [-0.1, -0.05) is 24.8 Å². The molecule has 0 aliphatic heterocycles. The Labute approximate surface area is 72.4 Å². The zero-order valence-electron chi connectivity index (χ0n) is 6.99. The Morgan fingerprint density at radius 1 is 1.42 bits per heavy atom. The first-order valence-corrected chi connectivity index (χ1v) is 3.63. The van der Waals surface area contributed by atoms with Crippen molar-refractivity contribution >= 4 is 5.69 Å². The first kappa shape index (κ1) is 8.35. The fourth-order valence-corrected chi connectivity index (χ4v) is 0.882. The highest BCUT2D eigenvalue weighted by Gasteiger charge is 2.01. The van der Waals surface area contributed by atoms with Crippen LogP contribution in [0.5, 0.6) is 0 Å². The molecule has 0 aliphatic rings. The Balaban J connectivity index is 2.87. The molecule has 0 saturated carbocycles. The molecule has 0 N–H and O–H groups in total. The van der Waals surface area contributed by atoms with Crippen LogP contribution in [0.15, 0.2) is 42.6 Å². The van der Waals surface area contributed by atoms with E-state index >= 15 is 0 Å². The maximum absolute atomic E-state index is 8.58. The molecule has 0 bridgehead atoms. The molecular weight excluding hydrogens is 148 g/mol. The van der Waals surface area contributed by atoms with E-state index in [0.717, 1.165) is 5.69 Å². The topological polar surface area (TPSA) is 27.0 Å². The Hall–Kier alpha value is -1.75. The van der Waals surface area contributed by atoms with E-state index in [0.29, 0.717) is 5.70 Å². The maximum Gasteiger partial charge on any atom is 0.117 e. The number of nitriles is 1. The SMILES string of the molecule is C=C(C#N)N(C)c1ccccc1. The van der Waals surface area contributed by atoms with Gasteiger partial charge in [0.2, 0.25) is 0 Å². The van der Waals surface area contributed by atoms with Crippen molar-refractivity contribution in [2.75, 3.05) is 11.9 Å². The number of hydrogen-bond acceptors (Lipinski definition) is 2. The van der Waals surface area contributed by atoms with Crippen LogP contribution in [0, 0.1) is 11.3 Å². The molecule has 0 radical (unpaired) electrons. The Bertz CT molecular complexity index is 308. The summed E-state index contributed by atoms with van der Waals surface area (Å²) >= 11 is 0. The normalized spacial score (nSPS) is 8.67. The molecule has 0 amide bonds. The number of anilines is 1. The van der Waals surface area contributed by atoms with E-state index < -0.39 is 0 Å². The number of nitrogens with zero attached hydrogens (tertiary/aromatic N) is 2. The zero-order valence-corrected chi connectivity index (χ0v) is 6.99. The monoisotopic (exact) mass is 158 g/mol. The molecular formula is C10H10N2. The van der Waals surface area contributed by atoms with Crippen molar-refractivity contribution in [3.63, 3.8) is 0 Å². The largest absolute Gasteiger partial charge is 0.336 e. The molecule has 0 fully saturated rings. The van der Waals surface area contributed by atoms with Crippen molar-refractivity contribution in [2.45, 2.75) is 0 Å². The first-order chi connectivity index (χ1) is 5.75. The van der Waals surface area contributed by atoms with Crippen molar-refractivity contribution in [2.24, 2.45) is 0 Å². The van der Waals surface area contributed by atoms with E-state index in [1.165, 1.54) is 0 Å². The molecule has 2 nitrogen and oxygen atoms in total. The van der Waals surface area contributed by atoms with Crippen LogP contribution in [0.3, 0.4) is 0 Å². The minimum Gasteiger partial charge on any atom is -0.336 e. The zero-order chi connectivity index (χ0) is 8.97. The van der Waals surface area contributed by atoms with E-state index in [4.69, 9.17) is 5.26 Å². The third-order valence-electron chi connectivity index (χ3n) is 1.68. The number of para-hydroxylation sites is 1. The predicted molar refractivity (Wildman–Crippen MR) is 49.6 cm³/mol. The lowest BCUT2D eigenvalue weighted by Gasteiger charge is -2.16. The molecule has 1 rings (SSSR count). The highest BCUT2D eigenvalue weighted by Crippen LogP contribution is 2.14. The number of benzene rings is 1. The van der Waals surface area contributed by atoms with Crippen LogP contribution in [0.2, 0.25) is 0 Å². The molecule has 0 heterocycles. The van der Waals surface area contributed by atoms with Crippen molar-refractivity contribution in [3.05, 3.63) is 42.6 Å². The van der Waals surface area contributed by atoms with Gasteiger partial charge in [-0.05, 0) is 12.1 Å². The highest BCUT2D eigenvalue weighted by molar-refractivity contribution is 5.53. The summed E-state index contributed by atoms with van der Waals surface area (Å²) in [7, 11) is 1.82. The summed E-state index contributed by atoms with van der Waals surface area (Å²) in [6.07, 6.45) is 0. The molecule has 0 atom stereocenters. The summed E-state index contributed by atoms with van der Waals surface area (Å²) in [5, 5.41) is 8.58. The van der Waals surface area contributed by atoms with Crippen LogP contribution in [0.1, 0.15) is 0 Å². The van der Waals surface area contributed by atoms with Gasteiger partial charge < -0.3 is 4.90 Å². The van der Waals surface area contributed by atoms with Gasteiger partial charge >= 0.3 is 0 Å². The molecule has 0 unspecified atom stereocenters. The van der Waals surface area contributed by atoms with Crippen LogP contribution in [0.4, 0.5) is 5.69 Å². The maximum atomic E-state index is 8.58. The fraction of sp³-hybridized carbons (Fsp3) is 0.100. The number of rotatable bonds is 2. The van der Waals surface area contributed by atoms with Gasteiger partial charge in [-0.2, -0.15) is 5.26 Å². The van der Waals surface area contributed by atoms with Crippen LogP contribution in [0.25, 0.3) is 0 Å². The average molecular weight is 158 g/mol. The van der Waals surface area contributed by atoms with Crippen LogP contribution >= 0.6 is 0 Å².